The summed E-state index contributed by atoms with van der Waals surface area (Å²) in [4.78, 5) is 23.8. The summed E-state index contributed by atoms with van der Waals surface area (Å²) in [6, 6.07) is 2.82. The van der Waals surface area contributed by atoms with Crippen LogP contribution in [0.1, 0.15) is 24.2 Å². The summed E-state index contributed by atoms with van der Waals surface area (Å²) in [5.74, 6) is 1.32. The third-order valence-electron chi connectivity index (χ3n) is 3.19. The number of benzene rings is 1. The lowest BCUT2D eigenvalue weighted by Crippen LogP contribution is -2.37. The highest BCUT2D eigenvalue weighted by Crippen LogP contribution is 2.32. The van der Waals surface area contributed by atoms with Gasteiger partial charge in [0.2, 0.25) is 11.8 Å². The van der Waals surface area contributed by atoms with Crippen molar-refractivity contribution in [2.45, 2.75) is 19.9 Å². The van der Waals surface area contributed by atoms with Crippen LogP contribution in [0, 0.1) is 5.92 Å². The Morgan fingerprint density at radius 2 is 2.26 bits per heavy atom. The fourth-order valence-electron chi connectivity index (χ4n) is 2.00. The minimum Gasteiger partial charge on any atom is -0.493 e. The van der Waals surface area contributed by atoms with Gasteiger partial charge in [0.25, 0.3) is 0 Å². The van der Waals surface area contributed by atoms with Gasteiger partial charge in [-0.3, -0.25) is 14.9 Å². The number of rotatable bonds is 6. The normalized spacial score (nSPS) is 17.3. The number of halogens is 1. The predicted molar refractivity (Wildman–Crippen MR) is 93.2 cm³/mol. The highest BCUT2D eigenvalue weighted by molar-refractivity contribution is 7.99. The van der Waals surface area contributed by atoms with Crippen LogP contribution in [0.2, 0.25) is 5.02 Å². The first-order valence-electron chi connectivity index (χ1n) is 7.26. The first-order chi connectivity index (χ1) is 10.9. The predicted octanol–water partition coefficient (Wildman–Crippen LogP) is 2.07. The summed E-state index contributed by atoms with van der Waals surface area (Å²) in [6.07, 6.45) is 0. The molecular formula is C15H20ClN3O3S. The molecule has 0 spiro atoms. The van der Waals surface area contributed by atoms with E-state index in [1.807, 2.05) is 13.8 Å². The molecule has 1 fully saturated rings. The van der Waals surface area contributed by atoms with Gasteiger partial charge >= 0.3 is 0 Å². The fraction of sp³-hybridized carbons (Fsp3) is 0.467. The molecule has 0 aromatic heterocycles. The number of amides is 2. The van der Waals surface area contributed by atoms with Crippen molar-refractivity contribution in [1.29, 1.82) is 0 Å². The number of hydrogen-bond donors (Lipinski definition) is 3. The first-order valence-corrected chi connectivity index (χ1v) is 8.80. The molecule has 1 atom stereocenters. The maximum atomic E-state index is 12.2. The van der Waals surface area contributed by atoms with Crippen LogP contribution < -0.4 is 21.1 Å². The van der Waals surface area contributed by atoms with Crippen LogP contribution in [0.5, 0.6) is 5.75 Å². The van der Waals surface area contributed by atoms with Crippen molar-refractivity contribution >= 4 is 40.9 Å². The summed E-state index contributed by atoms with van der Waals surface area (Å²) in [6.45, 7) is 4.50. The molecule has 1 aromatic rings. The zero-order valence-electron chi connectivity index (χ0n) is 13.0. The molecule has 23 heavy (non-hydrogen) atoms. The van der Waals surface area contributed by atoms with Gasteiger partial charge in [-0.25, -0.2) is 0 Å². The summed E-state index contributed by atoms with van der Waals surface area (Å²) < 4.78 is 5.62. The first kappa shape index (κ1) is 17.9. The molecule has 4 N–H and O–H groups in total. The smallest absolute Gasteiger partial charge is 0.250 e. The molecule has 1 saturated heterocycles. The molecule has 0 aliphatic carbocycles. The SMILES string of the molecule is CC(C)COc1cc(NC(=O)[C@@H]2CSCN2)c(Cl)c(C(N)=O)c1. The second-order valence-electron chi connectivity index (χ2n) is 5.66. The number of nitrogens with two attached hydrogens (primary N) is 1. The second-order valence-corrected chi connectivity index (χ2v) is 7.07. The third-order valence-corrected chi connectivity index (χ3v) is 4.53. The molecule has 0 unspecified atom stereocenters. The Labute approximate surface area is 144 Å². The molecule has 1 aliphatic rings. The van der Waals surface area contributed by atoms with Crippen LogP contribution in [0.4, 0.5) is 5.69 Å². The summed E-state index contributed by atoms with van der Waals surface area (Å²) in [7, 11) is 0. The van der Waals surface area contributed by atoms with Gasteiger partial charge in [-0.1, -0.05) is 25.4 Å². The molecule has 1 heterocycles. The van der Waals surface area contributed by atoms with E-state index in [2.05, 4.69) is 10.6 Å². The Balaban J connectivity index is 2.24. The Morgan fingerprint density at radius 1 is 1.52 bits per heavy atom. The van der Waals surface area contributed by atoms with Gasteiger partial charge in [0.15, 0.2) is 0 Å². The van der Waals surface area contributed by atoms with Crippen molar-refractivity contribution in [2.24, 2.45) is 11.7 Å². The third kappa shape index (κ3) is 4.76. The van der Waals surface area contributed by atoms with Gasteiger partial charge in [-0.2, -0.15) is 0 Å². The standard InChI is InChI=1S/C15H20ClN3O3S/c1-8(2)5-22-9-3-10(14(17)20)13(16)11(4-9)19-15(21)12-6-23-7-18-12/h3-4,8,12,18H,5-7H2,1-2H3,(H2,17,20)(H,19,21)/t12-/m0/s1. The van der Waals surface area contributed by atoms with E-state index >= 15 is 0 Å². The lowest BCUT2D eigenvalue weighted by molar-refractivity contribution is -0.117. The van der Waals surface area contributed by atoms with Crippen LogP contribution in [0.15, 0.2) is 12.1 Å². The Bertz CT molecular complexity index is 604. The van der Waals surface area contributed by atoms with Gasteiger partial charge in [0, 0.05) is 17.7 Å². The number of primary amides is 1. The van der Waals surface area contributed by atoms with Crippen molar-refractivity contribution < 1.29 is 14.3 Å². The maximum absolute atomic E-state index is 12.2. The summed E-state index contributed by atoms with van der Waals surface area (Å²) in [5.41, 5.74) is 5.80. The van der Waals surface area contributed by atoms with Crippen LogP contribution >= 0.6 is 23.4 Å². The maximum Gasteiger partial charge on any atom is 0.250 e. The Kier molecular flexibility index (Phi) is 6.15. The molecule has 0 bridgehead atoms. The van der Waals surface area contributed by atoms with Gasteiger partial charge < -0.3 is 15.8 Å². The van der Waals surface area contributed by atoms with Crippen LogP contribution in [0.3, 0.4) is 0 Å². The summed E-state index contributed by atoms with van der Waals surface area (Å²) in [5, 5.41) is 5.93. The molecule has 2 rings (SSSR count). The zero-order valence-corrected chi connectivity index (χ0v) is 14.6. The van der Waals surface area contributed by atoms with Crippen LogP contribution in [-0.4, -0.2) is 36.1 Å². The number of hydrogen-bond acceptors (Lipinski definition) is 5. The zero-order chi connectivity index (χ0) is 17.0. The molecule has 8 heteroatoms. The molecule has 1 aliphatic heterocycles. The van der Waals surface area contributed by atoms with Crippen molar-refractivity contribution in [3.63, 3.8) is 0 Å². The van der Waals surface area contributed by atoms with E-state index in [4.69, 9.17) is 22.1 Å². The lowest BCUT2D eigenvalue weighted by Gasteiger charge is -2.16. The fourth-order valence-corrected chi connectivity index (χ4v) is 3.19. The quantitative estimate of drug-likeness (QED) is 0.724. The number of ether oxygens (including phenoxy) is 1. The van der Waals surface area contributed by atoms with E-state index in [0.29, 0.717) is 29.7 Å². The van der Waals surface area contributed by atoms with E-state index in [9.17, 15) is 9.59 Å². The van der Waals surface area contributed by atoms with E-state index in [1.165, 1.54) is 6.07 Å². The highest BCUT2D eigenvalue weighted by atomic mass is 35.5. The highest BCUT2D eigenvalue weighted by Gasteiger charge is 2.24. The van der Waals surface area contributed by atoms with Crippen LogP contribution in [0.25, 0.3) is 0 Å². The average molecular weight is 358 g/mol. The average Bonchev–Trinajstić information content (AvgIpc) is 3.01. The van der Waals surface area contributed by atoms with Crippen molar-refractivity contribution in [3.05, 3.63) is 22.7 Å². The van der Waals surface area contributed by atoms with E-state index < -0.39 is 5.91 Å². The number of nitrogens with one attached hydrogen (secondary N) is 2. The van der Waals surface area contributed by atoms with Gasteiger partial charge in [-0.15, -0.1) is 11.8 Å². The Hall–Kier alpha value is -1.44. The number of carbonyl (C=O) groups excluding carboxylic acids is 2. The van der Waals surface area contributed by atoms with E-state index in [1.54, 1.807) is 17.8 Å². The molecule has 0 saturated carbocycles. The summed E-state index contributed by atoms with van der Waals surface area (Å²) >= 11 is 7.84. The van der Waals surface area contributed by atoms with Gasteiger partial charge in [0.1, 0.15) is 5.75 Å². The van der Waals surface area contributed by atoms with E-state index in [-0.39, 0.29) is 22.5 Å². The minimum atomic E-state index is -0.671. The van der Waals surface area contributed by atoms with Crippen molar-refractivity contribution in [1.82, 2.24) is 5.32 Å². The molecular weight excluding hydrogens is 338 g/mol. The molecule has 0 radical (unpaired) electrons. The monoisotopic (exact) mass is 357 g/mol. The number of anilines is 1. The van der Waals surface area contributed by atoms with Crippen molar-refractivity contribution in [3.8, 4) is 5.75 Å². The molecule has 1 aromatic carbocycles. The minimum absolute atomic E-state index is 0.119. The lowest BCUT2D eigenvalue weighted by atomic mass is 10.1. The largest absolute Gasteiger partial charge is 0.493 e. The molecule has 6 nitrogen and oxygen atoms in total. The molecule has 126 valence electrons. The Morgan fingerprint density at radius 3 is 2.83 bits per heavy atom. The van der Waals surface area contributed by atoms with E-state index in [0.717, 1.165) is 5.88 Å². The van der Waals surface area contributed by atoms with Crippen LogP contribution in [-0.2, 0) is 4.79 Å². The number of carbonyl (C=O) groups is 2. The van der Waals surface area contributed by atoms with Gasteiger partial charge in [-0.05, 0) is 12.0 Å². The second kappa shape index (κ2) is 7.90. The molecule has 2 amide bonds. The van der Waals surface area contributed by atoms with Crippen molar-refractivity contribution in [2.75, 3.05) is 23.6 Å². The van der Waals surface area contributed by atoms with Gasteiger partial charge in [0.05, 0.1) is 28.9 Å². The topological polar surface area (TPSA) is 93.4 Å². The number of thioether (sulfide) groups is 1.